The Kier molecular flexibility index (Phi) is 5.45. The van der Waals surface area contributed by atoms with Crippen LogP contribution in [0.25, 0.3) is 10.9 Å². The van der Waals surface area contributed by atoms with Crippen molar-refractivity contribution in [2.45, 2.75) is 43.9 Å². The molecule has 2 aromatic heterocycles. The van der Waals surface area contributed by atoms with Gasteiger partial charge in [0.15, 0.2) is 0 Å². The second kappa shape index (κ2) is 8.02. The molecular formula is C21H20F3N3OS. The highest BCUT2D eigenvalue weighted by atomic mass is 32.1. The van der Waals surface area contributed by atoms with E-state index in [9.17, 15) is 18.0 Å². The number of para-hydroxylation sites is 1. The molecule has 3 aromatic rings. The number of nitrogens with one attached hydrogen (secondary N) is 2. The molecule has 29 heavy (non-hydrogen) atoms. The van der Waals surface area contributed by atoms with Crippen molar-refractivity contribution in [3.05, 3.63) is 58.4 Å². The van der Waals surface area contributed by atoms with Crippen LogP contribution >= 0.6 is 11.3 Å². The van der Waals surface area contributed by atoms with Gasteiger partial charge in [-0.2, -0.15) is 13.2 Å². The second-order valence-corrected chi connectivity index (χ2v) is 8.16. The number of anilines is 1. The molecule has 0 aliphatic heterocycles. The number of aromatic nitrogens is 1. The monoisotopic (exact) mass is 419 g/mol. The summed E-state index contributed by atoms with van der Waals surface area (Å²) in [5.74, 6) is -0.0636. The molecule has 8 heteroatoms. The summed E-state index contributed by atoms with van der Waals surface area (Å²) in [6.45, 7) is 0. The molecule has 4 rings (SSSR count). The van der Waals surface area contributed by atoms with Crippen LogP contribution < -0.4 is 10.6 Å². The van der Waals surface area contributed by atoms with Crippen molar-refractivity contribution in [3.63, 3.8) is 0 Å². The van der Waals surface area contributed by atoms with Crippen molar-refractivity contribution in [3.8, 4) is 0 Å². The van der Waals surface area contributed by atoms with Gasteiger partial charge in [-0.05, 0) is 49.3 Å². The highest BCUT2D eigenvalue weighted by Crippen LogP contribution is 2.34. The lowest BCUT2D eigenvalue weighted by atomic mass is 9.90. The molecule has 0 spiro atoms. The van der Waals surface area contributed by atoms with Crippen molar-refractivity contribution in [2.75, 3.05) is 5.32 Å². The number of thiophene rings is 1. The van der Waals surface area contributed by atoms with Gasteiger partial charge in [-0.1, -0.05) is 24.3 Å². The zero-order chi connectivity index (χ0) is 20.4. The van der Waals surface area contributed by atoms with E-state index >= 15 is 0 Å². The Hall–Kier alpha value is -2.61. The number of pyridine rings is 1. The SMILES string of the molecule is O=C(NC1CCC(Nc2cc(C(F)(F)F)nc3ccccc23)CC1)c1cccs1. The largest absolute Gasteiger partial charge is 0.433 e. The number of rotatable bonds is 4. The lowest BCUT2D eigenvalue weighted by Crippen LogP contribution is -2.39. The van der Waals surface area contributed by atoms with Gasteiger partial charge in [-0.25, -0.2) is 4.98 Å². The van der Waals surface area contributed by atoms with E-state index in [1.807, 2.05) is 11.4 Å². The molecule has 0 bridgehead atoms. The van der Waals surface area contributed by atoms with Crippen LogP contribution in [0.15, 0.2) is 47.8 Å². The number of fused-ring (bicyclic) bond motifs is 1. The number of hydrogen-bond acceptors (Lipinski definition) is 4. The van der Waals surface area contributed by atoms with Gasteiger partial charge in [0.25, 0.3) is 5.91 Å². The zero-order valence-electron chi connectivity index (χ0n) is 15.5. The highest BCUT2D eigenvalue weighted by molar-refractivity contribution is 7.12. The van der Waals surface area contributed by atoms with E-state index in [2.05, 4.69) is 15.6 Å². The molecule has 0 atom stereocenters. The van der Waals surface area contributed by atoms with Gasteiger partial charge in [0.1, 0.15) is 5.69 Å². The van der Waals surface area contributed by atoms with Crippen LogP contribution in [-0.2, 0) is 6.18 Å². The topological polar surface area (TPSA) is 54.0 Å². The van der Waals surface area contributed by atoms with Gasteiger partial charge in [-0.3, -0.25) is 4.79 Å². The van der Waals surface area contributed by atoms with Crippen LogP contribution in [0.5, 0.6) is 0 Å². The van der Waals surface area contributed by atoms with Crippen molar-refractivity contribution < 1.29 is 18.0 Å². The zero-order valence-corrected chi connectivity index (χ0v) is 16.3. The lowest BCUT2D eigenvalue weighted by molar-refractivity contribution is -0.140. The summed E-state index contributed by atoms with van der Waals surface area (Å²) in [7, 11) is 0. The Balaban J connectivity index is 1.44. The average Bonchev–Trinajstić information content (AvgIpc) is 3.24. The number of carbonyl (C=O) groups excluding carboxylic acids is 1. The smallest absolute Gasteiger partial charge is 0.382 e. The number of hydrogen-bond donors (Lipinski definition) is 2. The van der Waals surface area contributed by atoms with Gasteiger partial charge >= 0.3 is 6.18 Å². The number of benzene rings is 1. The highest BCUT2D eigenvalue weighted by Gasteiger charge is 2.33. The summed E-state index contributed by atoms with van der Waals surface area (Å²) >= 11 is 1.40. The number of amides is 1. The normalized spacial score (nSPS) is 19.8. The molecule has 1 amide bonds. The molecule has 2 N–H and O–H groups in total. The van der Waals surface area contributed by atoms with Crippen LogP contribution in [0.1, 0.15) is 41.0 Å². The Bertz CT molecular complexity index is 996. The molecule has 1 aliphatic carbocycles. The minimum atomic E-state index is -4.50. The van der Waals surface area contributed by atoms with E-state index in [-0.39, 0.29) is 18.0 Å². The molecule has 0 unspecified atom stereocenters. The van der Waals surface area contributed by atoms with Crippen LogP contribution in [0.4, 0.5) is 18.9 Å². The van der Waals surface area contributed by atoms with Crippen molar-refractivity contribution in [2.24, 2.45) is 0 Å². The molecule has 1 aromatic carbocycles. The Labute approximate surface area is 170 Å². The second-order valence-electron chi connectivity index (χ2n) is 7.21. The standard InChI is InChI=1S/C21H20F3N3OS/c22-21(23,24)19-12-17(15-4-1-2-5-16(15)27-19)25-13-7-9-14(10-8-13)26-20(28)18-6-3-11-29-18/h1-6,11-14H,7-10H2,(H,25,27)(H,26,28). The first-order valence-corrected chi connectivity index (χ1v) is 10.4. The number of nitrogens with zero attached hydrogens (tertiary/aromatic N) is 1. The lowest BCUT2D eigenvalue weighted by Gasteiger charge is -2.30. The number of alkyl halides is 3. The summed E-state index contributed by atoms with van der Waals surface area (Å²) in [6, 6.07) is 11.7. The van der Waals surface area contributed by atoms with E-state index in [0.29, 0.717) is 21.5 Å². The number of halogens is 3. The third-order valence-electron chi connectivity index (χ3n) is 5.17. The van der Waals surface area contributed by atoms with Crippen molar-refractivity contribution >= 4 is 33.8 Å². The molecule has 4 nitrogen and oxygen atoms in total. The molecule has 1 fully saturated rings. The first kappa shape index (κ1) is 19.7. The maximum Gasteiger partial charge on any atom is 0.433 e. The third kappa shape index (κ3) is 4.53. The maximum atomic E-state index is 13.2. The van der Waals surface area contributed by atoms with Gasteiger partial charge in [0.05, 0.1) is 10.4 Å². The maximum absolute atomic E-state index is 13.2. The summed E-state index contributed by atoms with van der Waals surface area (Å²) < 4.78 is 39.7. The predicted molar refractivity (Wildman–Crippen MR) is 108 cm³/mol. The van der Waals surface area contributed by atoms with Gasteiger partial charge < -0.3 is 10.6 Å². The summed E-state index contributed by atoms with van der Waals surface area (Å²) in [5, 5.41) is 8.88. The quantitative estimate of drug-likeness (QED) is 0.590. The van der Waals surface area contributed by atoms with Gasteiger partial charge in [0.2, 0.25) is 0 Å². The fourth-order valence-electron chi connectivity index (χ4n) is 3.71. The molecule has 0 radical (unpaired) electrons. The minimum Gasteiger partial charge on any atom is -0.382 e. The molecule has 2 heterocycles. The molecule has 1 saturated carbocycles. The molecular weight excluding hydrogens is 399 g/mol. The van der Waals surface area contributed by atoms with E-state index in [0.717, 1.165) is 31.7 Å². The molecule has 1 aliphatic rings. The minimum absolute atomic E-state index is 0.0526. The van der Waals surface area contributed by atoms with E-state index in [1.54, 1.807) is 30.3 Å². The fourth-order valence-corrected chi connectivity index (χ4v) is 4.33. The summed E-state index contributed by atoms with van der Waals surface area (Å²) in [6.07, 6.45) is -1.39. The first-order valence-electron chi connectivity index (χ1n) is 9.48. The van der Waals surface area contributed by atoms with E-state index < -0.39 is 11.9 Å². The molecule has 0 saturated heterocycles. The van der Waals surface area contributed by atoms with Crippen LogP contribution in [-0.4, -0.2) is 23.0 Å². The van der Waals surface area contributed by atoms with Crippen LogP contribution in [0, 0.1) is 0 Å². The van der Waals surface area contributed by atoms with E-state index in [4.69, 9.17) is 0 Å². The van der Waals surface area contributed by atoms with Crippen molar-refractivity contribution in [1.82, 2.24) is 10.3 Å². The van der Waals surface area contributed by atoms with Crippen LogP contribution in [0.2, 0.25) is 0 Å². The number of carbonyl (C=O) groups is 1. The van der Waals surface area contributed by atoms with Crippen molar-refractivity contribution in [1.29, 1.82) is 0 Å². The Morgan fingerprint density at radius 1 is 1.03 bits per heavy atom. The fraction of sp³-hybridized carbons (Fsp3) is 0.333. The van der Waals surface area contributed by atoms with Crippen LogP contribution in [0.3, 0.4) is 0 Å². The summed E-state index contributed by atoms with van der Waals surface area (Å²) in [4.78, 5) is 16.6. The predicted octanol–water partition coefficient (Wildman–Crippen LogP) is 5.47. The van der Waals surface area contributed by atoms with Gasteiger partial charge in [-0.15, -0.1) is 11.3 Å². The first-order chi connectivity index (χ1) is 13.9. The average molecular weight is 419 g/mol. The Morgan fingerprint density at radius 2 is 1.76 bits per heavy atom. The third-order valence-corrected chi connectivity index (χ3v) is 6.04. The van der Waals surface area contributed by atoms with E-state index in [1.165, 1.54) is 11.3 Å². The Morgan fingerprint density at radius 3 is 2.45 bits per heavy atom. The van der Waals surface area contributed by atoms with Gasteiger partial charge in [0, 0.05) is 23.2 Å². The summed E-state index contributed by atoms with van der Waals surface area (Å²) in [5.41, 5.74) is -0.119. The molecule has 152 valence electrons.